The zero-order chi connectivity index (χ0) is 17.3. The number of benzene rings is 1. The van der Waals surface area contributed by atoms with Crippen molar-refractivity contribution in [1.29, 1.82) is 0 Å². The molecule has 0 bridgehead atoms. The van der Waals surface area contributed by atoms with Crippen molar-refractivity contribution in [3.63, 3.8) is 0 Å². The first-order chi connectivity index (χ1) is 10.8. The Morgan fingerprint density at radius 3 is 2.70 bits per heavy atom. The van der Waals surface area contributed by atoms with Crippen molar-refractivity contribution in [2.45, 2.75) is 33.6 Å². The van der Waals surface area contributed by atoms with Gasteiger partial charge in [-0.15, -0.1) is 6.42 Å². The predicted octanol–water partition coefficient (Wildman–Crippen LogP) is 2.58. The minimum atomic E-state index is -0.416. The molecule has 0 spiro atoms. The third-order valence-corrected chi connectivity index (χ3v) is 2.99. The van der Waals surface area contributed by atoms with Gasteiger partial charge in [-0.2, -0.15) is 0 Å². The second-order valence-corrected chi connectivity index (χ2v) is 6.18. The fourth-order valence-electron chi connectivity index (χ4n) is 1.73. The molecule has 0 aliphatic heterocycles. The number of carbonyl (C=O) groups is 2. The lowest BCUT2D eigenvalue weighted by Crippen LogP contribution is -2.35. The summed E-state index contributed by atoms with van der Waals surface area (Å²) in [6.45, 7) is 6.22. The average Bonchev–Trinajstić information content (AvgIpc) is 2.48. The number of amides is 2. The third-order valence-electron chi connectivity index (χ3n) is 2.99. The molecule has 0 aromatic heterocycles. The Kier molecular flexibility index (Phi) is 7.14. The molecule has 23 heavy (non-hydrogen) atoms. The fraction of sp³-hybridized carbons (Fsp3) is 0.444. The minimum absolute atomic E-state index is 0.0173. The zero-order valence-corrected chi connectivity index (χ0v) is 13.9. The van der Waals surface area contributed by atoms with Gasteiger partial charge < -0.3 is 15.4 Å². The molecule has 0 saturated carbocycles. The van der Waals surface area contributed by atoms with E-state index in [1.54, 1.807) is 24.3 Å². The van der Waals surface area contributed by atoms with Crippen LogP contribution in [0.1, 0.15) is 33.6 Å². The molecule has 0 heterocycles. The van der Waals surface area contributed by atoms with Gasteiger partial charge in [-0.1, -0.05) is 32.8 Å². The van der Waals surface area contributed by atoms with E-state index in [9.17, 15) is 9.59 Å². The molecule has 1 aromatic carbocycles. The van der Waals surface area contributed by atoms with E-state index in [4.69, 9.17) is 11.2 Å². The number of nitrogens with one attached hydrogen (secondary N) is 2. The molecule has 5 nitrogen and oxygen atoms in total. The maximum atomic E-state index is 11.9. The maximum absolute atomic E-state index is 11.9. The van der Waals surface area contributed by atoms with E-state index >= 15 is 0 Å². The Morgan fingerprint density at radius 1 is 1.30 bits per heavy atom. The lowest BCUT2D eigenvalue weighted by atomic mass is 9.96. The predicted molar refractivity (Wildman–Crippen MR) is 91.1 cm³/mol. The van der Waals surface area contributed by atoms with Crippen molar-refractivity contribution >= 4 is 17.5 Å². The number of hydrogen-bond donors (Lipinski definition) is 2. The van der Waals surface area contributed by atoms with Crippen LogP contribution in [-0.2, 0) is 9.59 Å². The van der Waals surface area contributed by atoms with Crippen molar-refractivity contribution in [1.82, 2.24) is 5.32 Å². The lowest BCUT2D eigenvalue weighted by molar-refractivity contribution is -0.128. The van der Waals surface area contributed by atoms with Crippen molar-refractivity contribution < 1.29 is 14.3 Å². The van der Waals surface area contributed by atoms with Gasteiger partial charge in [0.15, 0.2) is 0 Å². The van der Waals surface area contributed by atoms with Crippen molar-refractivity contribution in [2.24, 2.45) is 5.41 Å². The summed E-state index contributed by atoms with van der Waals surface area (Å²) in [6, 6.07) is 7.05. The molecule has 2 N–H and O–H groups in total. The number of hydrogen-bond acceptors (Lipinski definition) is 3. The Balaban J connectivity index is 2.34. The molecule has 0 atom stereocenters. The zero-order valence-electron chi connectivity index (χ0n) is 13.9. The van der Waals surface area contributed by atoms with E-state index in [1.807, 2.05) is 20.8 Å². The molecule has 1 aromatic rings. The molecule has 0 aliphatic carbocycles. The van der Waals surface area contributed by atoms with E-state index in [0.717, 1.165) is 0 Å². The highest BCUT2D eigenvalue weighted by molar-refractivity contribution is 5.90. The molecular weight excluding hydrogens is 292 g/mol. The maximum Gasteiger partial charge on any atom is 0.225 e. The highest BCUT2D eigenvalue weighted by atomic mass is 16.5. The molecule has 0 saturated heterocycles. The molecule has 5 heteroatoms. The number of anilines is 1. The van der Waals surface area contributed by atoms with E-state index in [1.165, 1.54) is 0 Å². The van der Waals surface area contributed by atoms with Gasteiger partial charge in [0.25, 0.3) is 0 Å². The highest BCUT2D eigenvalue weighted by Crippen LogP contribution is 2.17. The molecule has 2 amide bonds. The summed E-state index contributed by atoms with van der Waals surface area (Å²) in [7, 11) is 0. The van der Waals surface area contributed by atoms with Gasteiger partial charge in [0.2, 0.25) is 11.8 Å². The van der Waals surface area contributed by atoms with Crippen LogP contribution in [0.15, 0.2) is 24.3 Å². The van der Waals surface area contributed by atoms with Gasteiger partial charge >= 0.3 is 0 Å². The van der Waals surface area contributed by atoms with Gasteiger partial charge in [-0.25, -0.2) is 0 Å². The highest BCUT2D eigenvalue weighted by Gasteiger charge is 2.20. The largest absolute Gasteiger partial charge is 0.481 e. The van der Waals surface area contributed by atoms with Gasteiger partial charge in [0.05, 0.1) is 0 Å². The summed E-state index contributed by atoms with van der Waals surface area (Å²) in [5.74, 6) is 2.87. The van der Waals surface area contributed by atoms with Crippen LogP contribution in [0, 0.1) is 17.8 Å². The Labute approximate surface area is 137 Å². The van der Waals surface area contributed by atoms with E-state index < -0.39 is 5.41 Å². The first-order valence-corrected chi connectivity index (χ1v) is 7.57. The average molecular weight is 316 g/mol. The number of carbonyl (C=O) groups excluding carboxylic acids is 2. The Morgan fingerprint density at radius 2 is 2.04 bits per heavy atom. The lowest BCUT2D eigenvalue weighted by Gasteiger charge is -2.17. The van der Waals surface area contributed by atoms with Crippen LogP contribution < -0.4 is 15.4 Å². The Bertz CT molecular complexity index is 583. The van der Waals surface area contributed by atoms with Gasteiger partial charge in [-0.3, -0.25) is 9.59 Å². The van der Waals surface area contributed by atoms with Crippen molar-refractivity contribution in [2.75, 3.05) is 18.5 Å². The van der Waals surface area contributed by atoms with Crippen LogP contribution >= 0.6 is 0 Å². The number of terminal acetylenes is 1. The first-order valence-electron chi connectivity index (χ1n) is 7.57. The quantitative estimate of drug-likeness (QED) is 0.600. The van der Waals surface area contributed by atoms with E-state index in [-0.39, 0.29) is 18.4 Å². The minimum Gasteiger partial charge on any atom is -0.481 e. The van der Waals surface area contributed by atoms with Gasteiger partial charge in [0, 0.05) is 30.1 Å². The summed E-state index contributed by atoms with van der Waals surface area (Å²) in [6.07, 6.45) is 6.05. The van der Waals surface area contributed by atoms with Crippen LogP contribution in [0.2, 0.25) is 0 Å². The van der Waals surface area contributed by atoms with Crippen molar-refractivity contribution in [3.8, 4) is 18.1 Å². The summed E-state index contributed by atoms with van der Waals surface area (Å²) in [5.41, 5.74) is 0.240. The van der Waals surface area contributed by atoms with Crippen LogP contribution in [0.3, 0.4) is 0 Å². The molecule has 1 rings (SSSR count). The number of ether oxygens (including phenoxy) is 1. The van der Waals surface area contributed by atoms with Crippen LogP contribution in [-0.4, -0.2) is 25.0 Å². The summed E-state index contributed by atoms with van der Waals surface area (Å²) in [4.78, 5) is 23.6. The molecule has 0 aliphatic rings. The van der Waals surface area contributed by atoms with Crippen LogP contribution in [0.5, 0.6) is 5.75 Å². The van der Waals surface area contributed by atoms with Crippen molar-refractivity contribution in [3.05, 3.63) is 24.3 Å². The second kappa shape index (κ2) is 8.84. The van der Waals surface area contributed by atoms with Crippen LogP contribution in [0.4, 0.5) is 5.69 Å². The fourth-order valence-corrected chi connectivity index (χ4v) is 1.73. The van der Waals surface area contributed by atoms with Gasteiger partial charge in [0.1, 0.15) is 12.4 Å². The van der Waals surface area contributed by atoms with Gasteiger partial charge in [-0.05, 0) is 18.6 Å². The van der Waals surface area contributed by atoms with E-state index in [2.05, 4.69) is 16.6 Å². The molecule has 0 fully saturated rings. The smallest absolute Gasteiger partial charge is 0.225 e. The topological polar surface area (TPSA) is 67.4 Å². The summed E-state index contributed by atoms with van der Waals surface area (Å²) in [5, 5.41) is 5.61. The first kappa shape index (κ1) is 18.6. The third kappa shape index (κ3) is 7.37. The molecule has 0 radical (unpaired) electrons. The van der Waals surface area contributed by atoms with Crippen LogP contribution in [0.25, 0.3) is 0 Å². The standard InChI is InChI=1S/C18H24N2O3/c1-5-12-23-15-9-6-8-14(13-15)20-16(21)10-7-11-19-17(22)18(2,3)4/h1,6,8-9,13H,7,10-12H2,2-4H3,(H,19,22)(H,20,21). The van der Waals surface area contributed by atoms with E-state index in [0.29, 0.717) is 30.8 Å². The SMILES string of the molecule is C#CCOc1cccc(NC(=O)CCCNC(=O)C(C)(C)C)c1. The summed E-state index contributed by atoms with van der Waals surface area (Å²) >= 11 is 0. The monoisotopic (exact) mass is 316 g/mol. The Hall–Kier alpha value is -2.48. The molecular formula is C18H24N2O3. The molecule has 124 valence electrons. The number of rotatable bonds is 7. The summed E-state index contributed by atoms with van der Waals surface area (Å²) < 4.78 is 5.30. The molecule has 0 unspecified atom stereocenters. The second-order valence-electron chi connectivity index (χ2n) is 6.18. The normalized spacial score (nSPS) is 10.5.